The highest BCUT2D eigenvalue weighted by atomic mass is 79.9. The van der Waals surface area contributed by atoms with Gasteiger partial charge < -0.3 is 4.74 Å². The van der Waals surface area contributed by atoms with Gasteiger partial charge in [0.2, 0.25) is 0 Å². The van der Waals surface area contributed by atoms with Gasteiger partial charge in [0, 0.05) is 17.3 Å². The van der Waals surface area contributed by atoms with Gasteiger partial charge in [-0.3, -0.25) is 4.79 Å². The first kappa shape index (κ1) is 10.7. The van der Waals surface area contributed by atoms with E-state index in [0.717, 1.165) is 0 Å². The minimum Gasteiger partial charge on any atom is -0.430 e. The van der Waals surface area contributed by atoms with Crippen molar-refractivity contribution < 1.29 is 9.53 Å². The molecule has 0 N–H and O–H groups in total. The highest BCUT2D eigenvalue weighted by Gasteiger charge is 2.19. The number of esters is 1. The number of allylic oxidation sites excluding steroid dienone is 1. The summed E-state index contributed by atoms with van der Waals surface area (Å²) in [4.78, 5) is 12.2. The fourth-order valence-corrected chi connectivity index (χ4v) is 1.27. The molecule has 0 aliphatic carbocycles. The Morgan fingerprint density at radius 3 is 2.00 bits per heavy atom. The molecule has 0 aliphatic heterocycles. The fourth-order valence-electron chi connectivity index (χ4n) is 0.494. The molecule has 0 saturated heterocycles. The average molecular weight is 221 g/mol. The molecule has 0 atom stereocenters. The zero-order chi connectivity index (χ0) is 9.07. The van der Waals surface area contributed by atoms with Crippen molar-refractivity contribution in [2.75, 3.05) is 0 Å². The summed E-state index contributed by atoms with van der Waals surface area (Å²) in [7, 11) is 0. The summed E-state index contributed by atoms with van der Waals surface area (Å²) in [5, 5.41) is 0. The van der Waals surface area contributed by atoms with Gasteiger partial charge in [0.25, 0.3) is 0 Å². The van der Waals surface area contributed by atoms with Crippen molar-refractivity contribution in [2.24, 2.45) is 5.41 Å². The number of rotatable bonds is 1. The lowest BCUT2D eigenvalue weighted by Gasteiger charge is -2.20. The van der Waals surface area contributed by atoms with E-state index in [0.29, 0.717) is 5.76 Å². The standard InChI is InChI=1S/C8H13BrO2/c1-6(10)11-7(5-9)8(2,3)4/h5H,1-4H3/b7-5+. The van der Waals surface area contributed by atoms with Gasteiger partial charge in [0.05, 0.1) is 0 Å². The Bertz CT molecular complexity index is 177. The Kier molecular flexibility index (Phi) is 3.79. The summed E-state index contributed by atoms with van der Waals surface area (Å²) in [6.45, 7) is 7.32. The SMILES string of the molecule is CC(=O)O/C(=C/Br)C(C)(C)C. The molecule has 0 spiro atoms. The lowest BCUT2D eigenvalue weighted by Crippen LogP contribution is -2.14. The molecule has 0 heterocycles. The molecule has 11 heavy (non-hydrogen) atoms. The van der Waals surface area contributed by atoms with Gasteiger partial charge >= 0.3 is 5.97 Å². The van der Waals surface area contributed by atoms with Gasteiger partial charge in [-0.15, -0.1) is 0 Å². The molecule has 0 rings (SSSR count). The third kappa shape index (κ3) is 4.19. The zero-order valence-electron chi connectivity index (χ0n) is 7.27. The number of hydrogen-bond donors (Lipinski definition) is 0. The second-order valence-electron chi connectivity index (χ2n) is 3.32. The third-order valence-corrected chi connectivity index (χ3v) is 1.51. The maximum atomic E-state index is 10.6. The Morgan fingerprint density at radius 2 is 1.91 bits per heavy atom. The van der Waals surface area contributed by atoms with Crippen LogP contribution in [0, 0.1) is 5.41 Å². The summed E-state index contributed by atoms with van der Waals surface area (Å²) < 4.78 is 4.94. The summed E-state index contributed by atoms with van der Waals surface area (Å²) in [5.41, 5.74) is -0.130. The number of halogens is 1. The minimum atomic E-state index is -0.286. The van der Waals surface area contributed by atoms with Gasteiger partial charge in [-0.2, -0.15) is 0 Å². The van der Waals surface area contributed by atoms with Crippen LogP contribution in [0.15, 0.2) is 10.7 Å². The van der Waals surface area contributed by atoms with Gasteiger partial charge in [-0.05, 0) is 0 Å². The lowest BCUT2D eigenvalue weighted by atomic mass is 9.95. The maximum absolute atomic E-state index is 10.6. The summed E-state index contributed by atoms with van der Waals surface area (Å²) >= 11 is 3.14. The molecule has 0 fully saturated rings. The van der Waals surface area contributed by atoms with Gasteiger partial charge in [-0.25, -0.2) is 0 Å². The normalized spacial score (nSPS) is 13.0. The summed E-state index contributed by atoms with van der Waals surface area (Å²) in [6.07, 6.45) is 0. The molecular weight excluding hydrogens is 208 g/mol. The first-order chi connectivity index (χ1) is 4.88. The molecule has 0 saturated carbocycles. The monoisotopic (exact) mass is 220 g/mol. The van der Waals surface area contributed by atoms with Crippen molar-refractivity contribution in [1.29, 1.82) is 0 Å². The second kappa shape index (κ2) is 3.90. The summed E-state index contributed by atoms with van der Waals surface area (Å²) in [5.74, 6) is 0.357. The zero-order valence-corrected chi connectivity index (χ0v) is 8.86. The minimum absolute atomic E-state index is 0.130. The predicted octanol–water partition coefficient (Wildman–Crippen LogP) is 2.83. The smallest absolute Gasteiger partial charge is 0.307 e. The average Bonchev–Trinajstić information content (AvgIpc) is 1.79. The van der Waals surface area contributed by atoms with Crippen molar-refractivity contribution in [2.45, 2.75) is 27.7 Å². The van der Waals surface area contributed by atoms with Crippen LogP contribution in [-0.4, -0.2) is 5.97 Å². The second-order valence-corrected chi connectivity index (χ2v) is 3.77. The highest BCUT2D eigenvalue weighted by Crippen LogP contribution is 2.26. The first-order valence-electron chi connectivity index (χ1n) is 3.37. The first-order valence-corrected chi connectivity index (χ1v) is 4.28. The van der Waals surface area contributed by atoms with Crippen LogP contribution in [0.5, 0.6) is 0 Å². The van der Waals surface area contributed by atoms with Crippen molar-refractivity contribution in [3.05, 3.63) is 10.7 Å². The quantitative estimate of drug-likeness (QED) is 0.502. The third-order valence-electron chi connectivity index (χ3n) is 1.09. The number of carbonyl (C=O) groups excluding carboxylic acids is 1. The van der Waals surface area contributed by atoms with E-state index in [2.05, 4.69) is 15.9 Å². The highest BCUT2D eigenvalue weighted by molar-refractivity contribution is 9.11. The Morgan fingerprint density at radius 1 is 1.45 bits per heavy atom. The molecule has 0 aliphatic rings. The van der Waals surface area contributed by atoms with E-state index in [-0.39, 0.29) is 11.4 Å². The van der Waals surface area contributed by atoms with E-state index in [4.69, 9.17) is 4.74 Å². The molecule has 0 aromatic heterocycles. The van der Waals surface area contributed by atoms with Crippen LogP contribution < -0.4 is 0 Å². The van der Waals surface area contributed by atoms with E-state index < -0.39 is 0 Å². The van der Waals surface area contributed by atoms with Crippen molar-refractivity contribution in [3.63, 3.8) is 0 Å². The van der Waals surface area contributed by atoms with E-state index in [1.54, 1.807) is 4.99 Å². The van der Waals surface area contributed by atoms with Crippen molar-refractivity contribution in [3.8, 4) is 0 Å². The topological polar surface area (TPSA) is 26.3 Å². The molecule has 3 heteroatoms. The molecular formula is C8H13BrO2. The van der Waals surface area contributed by atoms with Crippen LogP contribution in [-0.2, 0) is 9.53 Å². The van der Waals surface area contributed by atoms with Crippen molar-refractivity contribution >= 4 is 21.9 Å². The molecule has 0 amide bonds. The molecule has 0 aromatic carbocycles. The molecule has 64 valence electrons. The van der Waals surface area contributed by atoms with Gasteiger partial charge in [0.1, 0.15) is 5.76 Å². The maximum Gasteiger partial charge on any atom is 0.307 e. The molecule has 0 aromatic rings. The number of ether oxygens (including phenoxy) is 1. The predicted molar refractivity (Wildman–Crippen MR) is 48.2 cm³/mol. The number of hydrogen-bond acceptors (Lipinski definition) is 2. The van der Waals surface area contributed by atoms with Crippen LogP contribution in [0.1, 0.15) is 27.7 Å². The van der Waals surface area contributed by atoms with Crippen LogP contribution >= 0.6 is 15.9 Å². The largest absolute Gasteiger partial charge is 0.430 e. The van der Waals surface area contributed by atoms with Crippen LogP contribution in [0.4, 0.5) is 0 Å². The van der Waals surface area contributed by atoms with Crippen LogP contribution in [0.25, 0.3) is 0 Å². The summed E-state index contributed by atoms with van der Waals surface area (Å²) in [6, 6.07) is 0. The van der Waals surface area contributed by atoms with E-state index in [9.17, 15) is 4.79 Å². The Labute approximate surface area is 75.7 Å². The van der Waals surface area contributed by atoms with E-state index in [1.807, 2.05) is 20.8 Å². The van der Waals surface area contributed by atoms with Gasteiger partial charge in [-0.1, -0.05) is 36.7 Å². The molecule has 0 radical (unpaired) electrons. The lowest BCUT2D eigenvalue weighted by molar-refractivity contribution is -0.138. The fraction of sp³-hybridized carbons (Fsp3) is 0.625. The molecule has 0 bridgehead atoms. The van der Waals surface area contributed by atoms with Gasteiger partial charge in [0.15, 0.2) is 0 Å². The van der Waals surface area contributed by atoms with E-state index >= 15 is 0 Å². The van der Waals surface area contributed by atoms with E-state index in [1.165, 1.54) is 6.92 Å². The van der Waals surface area contributed by atoms with Crippen LogP contribution in [0.3, 0.4) is 0 Å². The Hall–Kier alpha value is -0.310. The molecule has 0 unspecified atom stereocenters. The molecule has 2 nitrogen and oxygen atoms in total. The number of carbonyl (C=O) groups is 1. The van der Waals surface area contributed by atoms with Crippen LogP contribution in [0.2, 0.25) is 0 Å². The van der Waals surface area contributed by atoms with Crippen molar-refractivity contribution in [1.82, 2.24) is 0 Å². The Balaban J connectivity index is 4.33.